The number of nitrogens with zero attached hydrogens (tertiary/aromatic N) is 1. The van der Waals surface area contributed by atoms with Crippen LogP contribution in [0.1, 0.15) is 24.6 Å². The molecule has 0 fully saturated rings. The van der Waals surface area contributed by atoms with E-state index in [0.29, 0.717) is 0 Å². The van der Waals surface area contributed by atoms with Gasteiger partial charge in [-0.25, -0.2) is 18.2 Å². The van der Waals surface area contributed by atoms with Crippen LogP contribution in [0.25, 0.3) is 0 Å². The molecule has 0 amide bonds. The van der Waals surface area contributed by atoms with Gasteiger partial charge in [0, 0.05) is 0 Å². The van der Waals surface area contributed by atoms with Crippen molar-refractivity contribution in [3.8, 4) is 0 Å². The second kappa shape index (κ2) is 6.18. The van der Waals surface area contributed by atoms with E-state index in [0.717, 1.165) is 6.07 Å². The number of hydrogen-bond acceptors (Lipinski definition) is 3. The number of carbonyl (C=O) groups excluding carboxylic acids is 1. The number of pyridine rings is 1. The lowest BCUT2D eigenvalue weighted by Crippen LogP contribution is -2.12. The molecular weight excluding hydrogens is 350 g/mol. The molecule has 0 radical (unpaired) electrons. The van der Waals surface area contributed by atoms with Gasteiger partial charge in [0.05, 0.1) is 24.3 Å². The van der Waals surface area contributed by atoms with E-state index in [-0.39, 0.29) is 16.0 Å². The molecule has 0 aliphatic rings. The first kappa shape index (κ1) is 14.2. The lowest BCUT2D eigenvalue weighted by Gasteiger charge is -2.07. The Morgan fingerprint density at radius 3 is 2.76 bits per heavy atom. The number of hydrogen-bond donors (Lipinski definition) is 0. The molecule has 0 N–H and O–H groups in total. The fourth-order valence-corrected chi connectivity index (χ4v) is 1.82. The molecule has 1 rings (SSSR count). The molecule has 0 aliphatic heterocycles. The number of ether oxygens (including phenoxy) is 1. The van der Waals surface area contributed by atoms with Gasteiger partial charge in [-0.1, -0.05) is 0 Å². The molecule has 0 saturated heterocycles. The van der Waals surface area contributed by atoms with Crippen LogP contribution in [0.3, 0.4) is 0 Å². The van der Waals surface area contributed by atoms with Crippen molar-refractivity contribution in [3.05, 3.63) is 26.8 Å². The minimum absolute atomic E-state index is 0.145. The molecule has 0 aromatic carbocycles. The van der Waals surface area contributed by atoms with Gasteiger partial charge in [0.1, 0.15) is 3.70 Å². The summed E-state index contributed by atoms with van der Waals surface area (Å²) in [6, 6.07) is 0.954. The number of esters is 1. The van der Waals surface area contributed by atoms with E-state index in [2.05, 4.69) is 9.72 Å². The molecule has 1 heterocycles. The Bertz CT molecular complexity index is 426. The highest BCUT2D eigenvalue weighted by molar-refractivity contribution is 14.1. The van der Waals surface area contributed by atoms with Gasteiger partial charge in [-0.15, -0.1) is 0 Å². The molecule has 94 valence electrons. The number of alkyl halides is 2. The highest BCUT2D eigenvalue weighted by Crippen LogP contribution is 2.25. The minimum atomic E-state index is -2.94. The summed E-state index contributed by atoms with van der Waals surface area (Å²) in [5.41, 5.74) is -1.06. The molecular formula is C10H9F3INO2. The van der Waals surface area contributed by atoms with Gasteiger partial charge in [-0.2, -0.15) is 0 Å². The Kier molecular flexibility index (Phi) is 5.16. The van der Waals surface area contributed by atoms with Crippen LogP contribution in [0.4, 0.5) is 13.2 Å². The van der Waals surface area contributed by atoms with Gasteiger partial charge in [0.2, 0.25) is 0 Å². The summed E-state index contributed by atoms with van der Waals surface area (Å²) in [6.45, 7) is 1.74. The molecule has 0 aliphatic carbocycles. The molecule has 17 heavy (non-hydrogen) atoms. The second-order valence-electron chi connectivity index (χ2n) is 3.08. The number of halogens is 4. The Morgan fingerprint density at radius 2 is 2.24 bits per heavy atom. The summed E-state index contributed by atoms with van der Waals surface area (Å²) >= 11 is 1.69. The lowest BCUT2D eigenvalue weighted by molar-refractivity contribution is -0.142. The van der Waals surface area contributed by atoms with Crippen LogP contribution in [0.5, 0.6) is 0 Å². The zero-order valence-electron chi connectivity index (χ0n) is 8.84. The van der Waals surface area contributed by atoms with E-state index in [9.17, 15) is 18.0 Å². The summed E-state index contributed by atoms with van der Waals surface area (Å²) in [5.74, 6) is -1.84. The third kappa shape index (κ3) is 3.83. The first-order chi connectivity index (χ1) is 7.95. The lowest BCUT2D eigenvalue weighted by atomic mass is 10.2. The van der Waals surface area contributed by atoms with E-state index in [4.69, 9.17) is 0 Å². The molecule has 0 atom stereocenters. The van der Waals surface area contributed by atoms with Crippen molar-refractivity contribution in [2.75, 3.05) is 6.61 Å². The smallest absolute Gasteiger partial charge is 0.311 e. The predicted molar refractivity (Wildman–Crippen MR) is 62.2 cm³/mol. The zero-order chi connectivity index (χ0) is 13.0. The van der Waals surface area contributed by atoms with Crippen LogP contribution in [-0.2, 0) is 16.0 Å². The molecule has 1 aromatic heterocycles. The molecule has 0 spiro atoms. The molecule has 1 aromatic rings. The van der Waals surface area contributed by atoms with Crippen molar-refractivity contribution >= 4 is 28.6 Å². The fourth-order valence-electron chi connectivity index (χ4n) is 1.19. The standard InChI is InChI=1S/C10H9F3INO2/c1-2-17-8(16)4-6-9(11)5(10(12)13)3-7(14)15-6/h3,10H,2,4H2,1H3. The molecule has 0 saturated carbocycles. The quantitative estimate of drug-likeness (QED) is 0.472. The largest absolute Gasteiger partial charge is 0.466 e. The van der Waals surface area contributed by atoms with E-state index in [1.807, 2.05) is 0 Å². The average molecular weight is 359 g/mol. The van der Waals surface area contributed by atoms with Crippen LogP contribution in [0, 0.1) is 9.52 Å². The first-order valence-corrected chi connectivity index (χ1v) is 5.82. The van der Waals surface area contributed by atoms with E-state index >= 15 is 0 Å². The van der Waals surface area contributed by atoms with E-state index in [1.54, 1.807) is 29.5 Å². The van der Waals surface area contributed by atoms with Gasteiger partial charge in [-0.3, -0.25) is 4.79 Å². The minimum Gasteiger partial charge on any atom is -0.466 e. The highest BCUT2D eigenvalue weighted by Gasteiger charge is 2.20. The van der Waals surface area contributed by atoms with Gasteiger partial charge in [0.25, 0.3) is 6.43 Å². The normalized spacial score (nSPS) is 10.7. The number of carbonyl (C=O) groups is 1. The average Bonchev–Trinajstić information content (AvgIpc) is 2.22. The maximum Gasteiger partial charge on any atom is 0.311 e. The van der Waals surface area contributed by atoms with E-state index in [1.165, 1.54) is 0 Å². The van der Waals surface area contributed by atoms with Gasteiger partial charge in [-0.05, 0) is 35.6 Å². The number of rotatable bonds is 4. The second-order valence-corrected chi connectivity index (χ2v) is 4.18. The molecule has 0 bridgehead atoms. The highest BCUT2D eigenvalue weighted by atomic mass is 127. The molecule has 3 nitrogen and oxygen atoms in total. The Hall–Kier alpha value is -0.860. The van der Waals surface area contributed by atoms with Crippen molar-refractivity contribution in [2.24, 2.45) is 0 Å². The van der Waals surface area contributed by atoms with Crippen molar-refractivity contribution in [2.45, 2.75) is 19.8 Å². The molecule has 0 unspecified atom stereocenters. The van der Waals surface area contributed by atoms with Crippen molar-refractivity contribution in [3.63, 3.8) is 0 Å². The predicted octanol–water partition coefficient (Wildman–Crippen LogP) is 2.87. The van der Waals surface area contributed by atoms with Gasteiger partial charge in [0.15, 0.2) is 5.82 Å². The zero-order valence-corrected chi connectivity index (χ0v) is 11.0. The Balaban J connectivity index is 3.03. The van der Waals surface area contributed by atoms with Crippen molar-refractivity contribution in [1.29, 1.82) is 0 Å². The van der Waals surface area contributed by atoms with Crippen molar-refractivity contribution in [1.82, 2.24) is 4.98 Å². The van der Waals surface area contributed by atoms with Crippen LogP contribution >= 0.6 is 22.6 Å². The van der Waals surface area contributed by atoms with Crippen LogP contribution in [-0.4, -0.2) is 17.6 Å². The number of aromatic nitrogens is 1. The third-order valence-electron chi connectivity index (χ3n) is 1.88. The molecule has 7 heteroatoms. The van der Waals surface area contributed by atoms with Crippen molar-refractivity contribution < 1.29 is 22.7 Å². The van der Waals surface area contributed by atoms with Gasteiger partial charge < -0.3 is 4.74 Å². The monoisotopic (exact) mass is 359 g/mol. The Labute approximate surface area is 110 Å². The fraction of sp³-hybridized carbons (Fsp3) is 0.400. The summed E-state index contributed by atoms with van der Waals surface area (Å²) < 4.78 is 43.3. The van der Waals surface area contributed by atoms with Crippen LogP contribution in [0.15, 0.2) is 6.07 Å². The summed E-state index contributed by atoms with van der Waals surface area (Å²) in [4.78, 5) is 14.9. The SMILES string of the molecule is CCOC(=O)Cc1nc(I)cc(C(F)F)c1F. The van der Waals surface area contributed by atoms with Crippen LogP contribution in [0.2, 0.25) is 0 Å². The third-order valence-corrected chi connectivity index (χ3v) is 2.43. The summed E-state index contributed by atoms with van der Waals surface area (Å²) in [6.07, 6.45) is -3.39. The maximum absolute atomic E-state index is 13.6. The van der Waals surface area contributed by atoms with Crippen LogP contribution < -0.4 is 0 Å². The van der Waals surface area contributed by atoms with Gasteiger partial charge >= 0.3 is 5.97 Å². The Morgan fingerprint density at radius 1 is 1.59 bits per heavy atom. The summed E-state index contributed by atoms with van der Waals surface area (Å²) in [5, 5.41) is 0. The topological polar surface area (TPSA) is 39.2 Å². The van der Waals surface area contributed by atoms with E-state index < -0.39 is 30.2 Å². The maximum atomic E-state index is 13.6. The first-order valence-electron chi connectivity index (χ1n) is 4.74. The summed E-state index contributed by atoms with van der Waals surface area (Å²) in [7, 11) is 0.